The van der Waals surface area contributed by atoms with Crippen molar-refractivity contribution >= 4 is 122 Å². The van der Waals surface area contributed by atoms with Crippen LogP contribution >= 0.6 is 22.7 Å². The lowest BCUT2D eigenvalue weighted by atomic mass is 9.91. The largest absolute Gasteiger partial charge is 0.252 e. The second kappa shape index (κ2) is 17.9. The van der Waals surface area contributed by atoms with Gasteiger partial charge in [0.25, 0.3) is 0 Å². The average molecular weight is 1040 g/mol. The van der Waals surface area contributed by atoms with Gasteiger partial charge in [-0.3, -0.25) is 9.97 Å². The van der Waals surface area contributed by atoms with E-state index < -0.39 is 16.1 Å². The van der Waals surface area contributed by atoms with Crippen molar-refractivity contribution in [3.63, 3.8) is 0 Å². The van der Waals surface area contributed by atoms with E-state index in [4.69, 9.17) is 9.97 Å². The van der Waals surface area contributed by atoms with Crippen LogP contribution in [0.3, 0.4) is 0 Å². The van der Waals surface area contributed by atoms with Crippen LogP contribution in [0, 0.1) is 0 Å². The first-order chi connectivity index (χ1) is 36.9. The molecule has 3 heterocycles. The van der Waals surface area contributed by atoms with Gasteiger partial charge in [0.2, 0.25) is 0 Å². The molecule has 0 aliphatic carbocycles. The topological polar surface area (TPSA) is 25.8 Å². The Hall–Kier alpha value is -7.85. The summed E-state index contributed by atoms with van der Waals surface area (Å²) in [5.74, 6) is 0. The van der Waals surface area contributed by atoms with Gasteiger partial charge in [-0.25, -0.2) is 0 Å². The summed E-state index contributed by atoms with van der Waals surface area (Å²) in [5, 5.41) is 13.1. The maximum atomic E-state index is 4.93. The normalized spacial score (nSPS) is 12.3. The molecular formula is C70H54N2S2Si2. The number of nitrogens with zero attached hydrogens (tertiary/aromatic N) is 2. The van der Waals surface area contributed by atoms with Gasteiger partial charge < -0.3 is 0 Å². The number of fused-ring (bicyclic) bond motifs is 12. The lowest BCUT2D eigenvalue weighted by molar-refractivity contribution is 1.31. The number of thiophene rings is 2. The van der Waals surface area contributed by atoms with E-state index >= 15 is 0 Å². The molecule has 0 saturated heterocycles. The number of rotatable bonds is 8. The van der Waals surface area contributed by atoms with Crippen molar-refractivity contribution in [2.24, 2.45) is 0 Å². The van der Waals surface area contributed by atoms with Gasteiger partial charge in [0.15, 0.2) is 0 Å². The van der Waals surface area contributed by atoms with Crippen molar-refractivity contribution < 1.29 is 0 Å². The highest BCUT2D eigenvalue weighted by Gasteiger charge is 2.24. The Morgan fingerprint density at radius 2 is 0.566 bits per heavy atom. The van der Waals surface area contributed by atoms with Gasteiger partial charge in [-0.2, -0.15) is 0 Å². The van der Waals surface area contributed by atoms with Gasteiger partial charge >= 0.3 is 0 Å². The van der Waals surface area contributed by atoms with Crippen LogP contribution in [0.2, 0.25) is 39.3 Å². The molecule has 364 valence electrons. The maximum Gasteiger partial charge on any atom is 0.0971 e. The molecule has 6 heteroatoms. The van der Waals surface area contributed by atoms with Crippen LogP contribution in [0.25, 0.3) is 140 Å². The van der Waals surface area contributed by atoms with Crippen molar-refractivity contribution in [2.75, 3.05) is 0 Å². The summed E-state index contributed by atoms with van der Waals surface area (Å²) in [4.78, 5) is 9.87. The minimum absolute atomic E-state index is 0.921. The molecule has 0 bridgehead atoms. The van der Waals surface area contributed by atoms with Crippen LogP contribution in [0.5, 0.6) is 0 Å². The lowest BCUT2D eigenvalue weighted by Gasteiger charge is -2.17. The highest BCUT2D eigenvalue weighted by atomic mass is 32.1. The quantitative estimate of drug-likeness (QED) is 0.112. The fourth-order valence-electron chi connectivity index (χ4n) is 11.8. The molecule has 11 aromatic carbocycles. The predicted molar refractivity (Wildman–Crippen MR) is 339 cm³/mol. The molecule has 0 aliphatic heterocycles. The molecule has 0 spiro atoms. The second-order valence-electron chi connectivity index (χ2n) is 22.5. The monoisotopic (exact) mass is 1040 g/mol. The van der Waals surface area contributed by atoms with E-state index in [1.54, 1.807) is 10.4 Å². The second-order valence-corrected chi connectivity index (χ2v) is 34.6. The van der Waals surface area contributed by atoms with E-state index in [0.29, 0.717) is 0 Å². The van der Waals surface area contributed by atoms with Gasteiger partial charge in [-0.15, -0.1) is 22.7 Å². The minimum Gasteiger partial charge on any atom is -0.252 e. The van der Waals surface area contributed by atoms with Crippen LogP contribution in [0.1, 0.15) is 0 Å². The van der Waals surface area contributed by atoms with Crippen LogP contribution in [-0.2, 0) is 0 Å². The first-order valence-corrected chi connectivity index (χ1v) is 35.0. The van der Waals surface area contributed by atoms with Gasteiger partial charge in [0.05, 0.1) is 27.2 Å². The molecule has 0 N–H and O–H groups in total. The molecule has 76 heavy (non-hydrogen) atoms. The minimum atomic E-state index is -1.53. The Labute approximate surface area is 453 Å². The van der Waals surface area contributed by atoms with Crippen LogP contribution in [-0.4, -0.2) is 26.1 Å². The molecule has 0 unspecified atom stereocenters. The molecule has 14 rings (SSSR count). The summed E-state index contributed by atoms with van der Waals surface area (Å²) < 4.78 is 5.63. The van der Waals surface area contributed by atoms with Crippen molar-refractivity contribution in [3.05, 3.63) is 219 Å². The van der Waals surface area contributed by atoms with E-state index in [9.17, 15) is 0 Å². The third-order valence-electron chi connectivity index (χ3n) is 15.6. The summed E-state index contributed by atoms with van der Waals surface area (Å²) in [6.45, 7) is 14.7. The molecule has 0 aliphatic rings. The molecule has 0 amide bonds. The Morgan fingerprint density at radius 1 is 0.263 bits per heavy atom. The SMILES string of the molecule is C[Si](C)(C)c1cccc2c1sc1c(-c3cccc(-c4cccc(-c5ccc6c(c5)c5cc(-c7cccc(-c8cccc(-c9cccc%10c9sc9c([Si](C)(C)C)cccc9%10)c8)c7)ccc5c5nccnc65)c4)c3)cccc12. The van der Waals surface area contributed by atoms with Gasteiger partial charge in [-0.05, 0) is 124 Å². The number of hydrogen-bond acceptors (Lipinski definition) is 4. The number of hydrogen-bond donors (Lipinski definition) is 0. The summed E-state index contributed by atoms with van der Waals surface area (Å²) in [7, 11) is -3.07. The van der Waals surface area contributed by atoms with Crippen LogP contribution < -0.4 is 10.4 Å². The number of benzene rings is 11. The Kier molecular flexibility index (Phi) is 11.0. The predicted octanol–water partition coefficient (Wildman–Crippen LogP) is 19.8. The molecule has 14 aromatic rings. The van der Waals surface area contributed by atoms with Gasteiger partial charge in [0, 0.05) is 63.5 Å². The van der Waals surface area contributed by atoms with E-state index in [1.165, 1.54) is 118 Å². The van der Waals surface area contributed by atoms with E-state index in [2.05, 4.69) is 246 Å². The summed E-state index contributed by atoms with van der Waals surface area (Å²) >= 11 is 3.93. The zero-order chi connectivity index (χ0) is 51.5. The van der Waals surface area contributed by atoms with E-state index in [0.717, 1.165) is 21.8 Å². The van der Waals surface area contributed by atoms with Gasteiger partial charge in [0.1, 0.15) is 0 Å². The molecule has 2 nitrogen and oxygen atoms in total. The summed E-state index contributed by atoms with van der Waals surface area (Å²) in [6, 6.07) is 77.5. The fraction of sp³-hybridized carbons (Fsp3) is 0.0857. The fourth-order valence-corrected chi connectivity index (χ4v) is 19.3. The molecule has 3 aromatic heterocycles. The van der Waals surface area contributed by atoms with Crippen LogP contribution in [0.15, 0.2) is 219 Å². The summed E-state index contributed by atoms with van der Waals surface area (Å²) in [5.41, 5.74) is 16.4. The molecule has 0 radical (unpaired) electrons. The zero-order valence-electron chi connectivity index (χ0n) is 43.5. The van der Waals surface area contributed by atoms with E-state index in [-0.39, 0.29) is 0 Å². The zero-order valence-corrected chi connectivity index (χ0v) is 47.1. The molecular weight excluding hydrogens is 989 g/mol. The molecule has 0 saturated carbocycles. The first kappa shape index (κ1) is 46.7. The molecule has 0 atom stereocenters. The van der Waals surface area contributed by atoms with Crippen LogP contribution in [0.4, 0.5) is 0 Å². The Morgan fingerprint density at radius 3 is 0.934 bits per heavy atom. The summed E-state index contributed by atoms with van der Waals surface area (Å²) in [6.07, 6.45) is 3.63. The third kappa shape index (κ3) is 7.85. The first-order valence-electron chi connectivity index (χ1n) is 26.4. The average Bonchev–Trinajstić information content (AvgIpc) is 4.09. The van der Waals surface area contributed by atoms with Gasteiger partial charge in [-0.1, -0.05) is 209 Å². The highest BCUT2D eigenvalue weighted by molar-refractivity contribution is 7.28. The smallest absolute Gasteiger partial charge is 0.0971 e. The maximum absolute atomic E-state index is 4.93. The Balaban J connectivity index is 0.831. The van der Waals surface area contributed by atoms with Crippen molar-refractivity contribution in [2.45, 2.75) is 39.3 Å². The van der Waals surface area contributed by atoms with Crippen molar-refractivity contribution in [1.29, 1.82) is 0 Å². The highest BCUT2D eigenvalue weighted by Crippen LogP contribution is 2.44. The van der Waals surface area contributed by atoms with Crippen molar-refractivity contribution in [1.82, 2.24) is 9.97 Å². The standard InChI is InChI=1S/C70H54N2S2Si2/c1-75(2,3)63-29-13-27-59-57-25-11-23-53(67(57)73-69(59)63)51-21-9-19-47(39-51)43-15-7-17-45(37-43)49-31-33-55-61(41-49)62-42-50(32-34-56(62)66-65(55)71-35-36-72-66)46-18-8-16-44(38-46)48-20-10-22-52(40-48)54-24-12-26-58-60-28-14-30-64(76(4,5)6)70(60)74-68(54)58/h7-42H,1-6H3. The third-order valence-corrected chi connectivity index (χ3v) is 22.6. The Bertz CT molecular complexity index is 4390. The number of aromatic nitrogens is 2. The molecule has 0 fully saturated rings. The van der Waals surface area contributed by atoms with E-state index in [1.807, 2.05) is 35.1 Å². The van der Waals surface area contributed by atoms with Crippen molar-refractivity contribution in [3.8, 4) is 66.8 Å². The lowest BCUT2D eigenvalue weighted by Crippen LogP contribution is -2.37.